The average Bonchev–Trinajstić information content (AvgIpc) is 3.16. The summed E-state index contributed by atoms with van der Waals surface area (Å²) >= 11 is 0. The van der Waals surface area contributed by atoms with Gasteiger partial charge in [0, 0.05) is 5.92 Å². The Morgan fingerprint density at radius 2 is 2.12 bits per heavy atom. The maximum atomic E-state index is 13.1. The highest BCUT2D eigenvalue weighted by Crippen LogP contribution is 2.40. The molecule has 0 spiro atoms. The fraction of sp³-hybridized carbons (Fsp3) is 0.500. The predicted molar refractivity (Wildman–Crippen MR) is 76.1 cm³/mol. The zero-order chi connectivity index (χ0) is 18.4. The van der Waals surface area contributed by atoms with Gasteiger partial charge in [-0.15, -0.1) is 0 Å². The number of aryl methyl sites for hydroxylation is 1. The molecule has 0 aliphatic heterocycles. The lowest BCUT2D eigenvalue weighted by molar-refractivity contribution is -0.140. The maximum absolute atomic E-state index is 13.1. The molecule has 2 heterocycles. The number of aromatic amines is 1. The molecule has 1 fully saturated rings. The quantitative estimate of drug-likeness (QED) is 0.800. The number of rotatable bonds is 5. The first kappa shape index (κ1) is 17.4. The van der Waals surface area contributed by atoms with E-state index in [0.29, 0.717) is 5.69 Å². The van der Waals surface area contributed by atoms with E-state index in [1.54, 1.807) is 0 Å². The Labute approximate surface area is 138 Å². The first-order valence-electron chi connectivity index (χ1n) is 7.44. The lowest BCUT2D eigenvalue weighted by atomic mass is 10.2. The number of amides is 1. The second-order valence-electron chi connectivity index (χ2n) is 5.84. The number of aromatic nitrogens is 4. The molecule has 3 rings (SSSR count). The Morgan fingerprint density at radius 1 is 1.44 bits per heavy atom. The van der Waals surface area contributed by atoms with Crippen LogP contribution in [0.2, 0.25) is 0 Å². The molecule has 1 saturated carbocycles. The number of hydrogen-bond acceptors (Lipinski definition) is 3. The van der Waals surface area contributed by atoms with Gasteiger partial charge in [0.1, 0.15) is 12.2 Å². The van der Waals surface area contributed by atoms with Crippen molar-refractivity contribution in [3.63, 3.8) is 0 Å². The van der Waals surface area contributed by atoms with E-state index in [9.17, 15) is 26.7 Å². The van der Waals surface area contributed by atoms with E-state index in [-0.39, 0.29) is 11.6 Å². The van der Waals surface area contributed by atoms with Gasteiger partial charge in [0.25, 0.3) is 6.43 Å². The smallest absolute Gasteiger partial charge is 0.321 e. The summed E-state index contributed by atoms with van der Waals surface area (Å²) in [6.07, 6.45) is -5.91. The summed E-state index contributed by atoms with van der Waals surface area (Å²) in [5, 5.41) is 11.3. The number of H-pyrrole nitrogens is 1. The van der Waals surface area contributed by atoms with E-state index in [1.165, 1.54) is 13.0 Å². The van der Waals surface area contributed by atoms with Crippen LogP contribution in [0.1, 0.15) is 48.0 Å². The van der Waals surface area contributed by atoms with Gasteiger partial charge in [-0.3, -0.25) is 14.6 Å². The number of hydrogen-bond donors (Lipinski definition) is 2. The monoisotopic (exact) mass is 363 g/mol. The van der Waals surface area contributed by atoms with Crippen molar-refractivity contribution in [3.8, 4) is 0 Å². The lowest BCUT2D eigenvalue weighted by Gasteiger charge is -2.10. The minimum absolute atomic E-state index is 0.00823. The summed E-state index contributed by atoms with van der Waals surface area (Å²) in [6.45, 7) is 0.690. The van der Waals surface area contributed by atoms with E-state index in [0.717, 1.165) is 17.5 Å². The van der Waals surface area contributed by atoms with E-state index in [4.69, 9.17) is 0 Å². The van der Waals surface area contributed by atoms with Crippen LogP contribution in [0.3, 0.4) is 0 Å². The number of nitrogens with one attached hydrogen (secondary N) is 2. The molecule has 1 amide bonds. The minimum Gasteiger partial charge on any atom is -0.321 e. The summed E-state index contributed by atoms with van der Waals surface area (Å²) < 4.78 is 65.6. The highest BCUT2D eigenvalue weighted by atomic mass is 19.4. The van der Waals surface area contributed by atoms with Gasteiger partial charge < -0.3 is 5.32 Å². The number of nitrogens with zero attached hydrogens (tertiary/aromatic N) is 3. The molecule has 1 aliphatic carbocycles. The highest BCUT2D eigenvalue weighted by Gasteiger charge is 2.38. The number of halogens is 5. The summed E-state index contributed by atoms with van der Waals surface area (Å²) in [6, 6.07) is 1.24. The maximum Gasteiger partial charge on any atom is 0.437 e. The second kappa shape index (κ2) is 6.12. The largest absolute Gasteiger partial charge is 0.437 e. The van der Waals surface area contributed by atoms with Crippen LogP contribution < -0.4 is 5.32 Å². The molecule has 2 aromatic rings. The molecule has 6 nitrogen and oxygen atoms in total. The van der Waals surface area contributed by atoms with E-state index < -0.39 is 42.1 Å². The van der Waals surface area contributed by atoms with E-state index in [1.807, 2.05) is 0 Å². The third-order valence-corrected chi connectivity index (χ3v) is 3.82. The van der Waals surface area contributed by atoms with Gasteiger partial charge in [0.2, 0.25) is 5.91 Å². The molecule has 136 valence electrons. The molecule has 2 aromatic heterocycles. The van der Waals surface area contributed by atoms with Crippen molar-refractivity contribution >= 4 is 11.6 Å². The molecule has 1 aliphatic rings. The van der Waals surface area contributed by atoms with Crippen molar-refractivity contribution in [2.24, 2.45) is 0 Å². The molecule has 0 aromatic carbocycles. The van der Waals surface area contributed by atoms with Gasteiger partial charge in [-0.2, -0.15) is 23.4 Å². The van der Waals surface area contributed by atoms with Crippen molar-refractivity contribution in [2.75, 3.05) is 5.32 Å². The van der Waals surface area contributed by atoms with Crippen molar-refractivity contribution in [2.45, 2.75) is 44.8 Å². The molecular weight excluding hydrogens is 349 g/mol. The van der Waals surface area contributed by atoms with Gasteiger partial charge in [0.15, 0.2) is 5.69 Å². The first-order chi connectivity index (χ1) is 11.7. The SMILES string of the molecule is Cc1[nH]nc(C(F)(F)F)c1NC(=O)Cn1nc(C2CC2)cc1C(F)F. The van der Waals surface area contributed by atoms with Crippen LogP contribution in [0.5, 0.6) is 0 Å². The van der Waals surface area contributed by atoms with Crippen LogP contribution in [-0.2, 0) is 17.5 Å². The number of alkyl halides is 5. The van der Waals surface area contributed by atoms with Crippen LogP contribution >= 0.6 is 0 Å². The fourth-order valence-electron chi connectivity index (χ4n) is 2.44. The summed E-state index contributed by atoms with van der Waals surface area (Å²) in [5.74, 6) is -0.794. The van der Waals surface area contributed by atoms with Crippen molar-refractivity contribution < 1.29 is 26.7 Å². The Morgan fingerprint density at radius 3 is 2.68 bits per heavy atom. The van der Waals surface area contributed by atoms with Crippen LogP contribution in [0, 0.1) is 6.92 Å². The van der Waals surface area contributed by atoms with Crippen LogP contribution in [0.25, 0.3) is 0 Å². The Hall–Kier alpha value is -2.46. The fourth-order valence-corrected chi connectivity index (χ4v) is 2.44. The van der Waals surface area contributed by atoms with Crippen molar-refractivity contribution in [1.82, 2.24) is 20.0 Å². The first-order valence-corrected chi connectivity index (χ1v) is 7.44. The number of anilines is 1. The predicted octanol–water partition coefficient (Wildman–Crippen LogP) is 3.39. The Kier molecular flexibility index (Phi) is 4.25. The van der Waals surface area contributed by atoms with Crippen LogP contribution in [0.15, 0.2) is 6.07 Å². The van der Waals surface area contributed by atoms with E-state index >= 15 is 0 Å². The van der Waals surface area contributed by atoms with Gasteiger partial charge in [-0.25, -0.2) is 8.78 Å². The molecule has 0 atom stereocenters. The van der Waals surface area contributed by atoms with Gasteiger partial charge in [0.05, 0.1) is 17.1 Å². The van der Waals surface area contributed by atoms with Crippen LogP contribution in [-0.4, -0.2) is 25.9 Å². The molecule has 25 heavy (non-hydrogen) atoms. The summed E-state index contributed by atoms with van der Waals surface area (Å²) in [4.78, 5) is 12.1. The van der Waals surface area contributed by atoms with Gasteiger partial charge >= 0.3 is 6.18 Å². The zero-order valence-electron chi connectivity index (χ0n) is 13.0. The Balaban J connectivity index is 1.79. The highest BCUT2D eigenvalue weighted by molar-refractivity contribution is 5.91. The van der Waals surface area contributed by atoms with Crippen molar-refractivity contribution in [3.05, 3.63) is 28.8 Å². The van der Waals surface area contributed by atoms with Gasteiger partial charge in [-0.05, 0) is 25.8 Å². The van der Waals surface area contributed by atoms with Gasteiger partial charge in [-0.1, -0.05) is 0 Å². The minimum atomic E-state index is -4.76. The lowest BCUT2D eigenvalue weighted by Crippen LogP contribution is -2.23. The summed E-state index contributed by atoms with van der Waals surface area (Å²) in [5.41, 5.74) is -1.75. The topological polar surface area (TPSA) is 75.6 Å². The van der Waals surface area contributed by atoms with Crippen LogP contribution in [0.4, 0.5) is 27.6 Å². The number of carbonyl (C=O) groups is 1. The average molecular weight is 363 g/mol. The second-order valence-corrected chi connectivity index (χ2v) is 5.84. The molecular formula is C14H14F5N5O. The third-order valence-electron chi connectivity index (χ3n) is 3.82. The van der Waals surface area contributed by atoms with Crippen molar-refractivity contribution in [1.29, 1.82) is 0 Å². The standard InChI is InChI=1S/C14H14F5N5O/c1-6-11(12(22-21-6)14(17,18)19)20-10(25)5-24-9(13(15)16)4-8(23-24)7-2-3-7/h4,7,13H,2-3,5H2,1H3,(H,20,25)(H,21,22). The molecule has 0 bridgehead atoms. The molecule has 0 radical (unpaired) electrons. The molecule has 0 unspecified atom stereocenters. The van der Waals surface area contributed by atoms with E-state index in [2.05, 4.69) is 20.6 Å². The zero-order valence-corrected chi connectivity index (χ0v) is 13.0. The normalized spacial score (nSPS) is 15.0. The molecule has 11 heteroatoms. The third kappa shape index (κ3) is 3.64. The number of carbonyl (C=O) groups excluding carboxylic acids is 1. The summed E-state index contributed by atoms with van der Waals surface area (Å²) in [7, 11) is 0. The molecule has 2 N–H and O–H groups in total. The Bertz CT molecular complexity index is 790. The molecule has 0 saturated heterocycles.